The summed E-state index contributed by atoms with van der Waals surface area (Å²) in [4.78, 5) is 15.9. The highest BCUT2D eigenvalue weighted by atomic mass is 35.5. The molecular formula is C14H17ClN4O2. The van der Waals surface area contributed by atoms with Gasteiger partial charge in [0.15, 0.2) is 5.82 Å². The molecule has 0 atom stereocenters. The smallest absolute Gasteiger partial charge is 0.238 e. The van der Waals surface area contributed by atoms with E-state index in [2.05, 4.69) is 20.8 Å². The quantitative estimate of drug-likeness (QED) is 0.799. The van der Waals surface area contributed by atoms with Gasteiger partial charge in [-0.05, 0) is 31.5 Å². The minimum Gasteiger partial charge on any atom is -0.339 e. The fraction of sp³-hybridized carbons (Fsp3) is 0.357. The highest BCUT2D eigenvalue weighted by Crippen LogP contribution is 2.19. The number of amides is 1. The van der Waals surface area contributed by atoms with Gasteiger partial charge in [0.05, 0.1) is 6.54 Å². The topological polar surface area (TPSA) is 80.0 Å². The molecular weight excluding hydrogens is 292 g/mol. The van der Waals surface area contributed by atoms with E-state index in [0.717, 1.165) is 11.3 Å². The third kappa shape index (κ3) is 4.84. The Hall–Kier alpha value is -1.92. The third-order valence-electron chi connectivity index (χ3n) is 2.84. The van der Waals surface area contributed by atoms with Gasteiger partial charge in [-0.1, -0.05) is 22.8 Å². The minimum atomic E-state index is -0.123. The summed E-state index contributed by atoms with van der Waals surface area (Å²) < 4.78 is 4.98. The molecule has 0 fully saturated rings. The van der Waals surface area contributed by atoms with Crippen LogP contribution in [0.1, 0.15) is 17.3 Å². The van der Waals surface area contributed by atoms with Crippen LogP contribution < -0.4 is 10.6 Å². The Morgan fingerprint density at radius 1 is 1.38 bits per heavy atom. The first-order chi connectivity index (χ1) is 10.0. The van der Waals surface area contributed by atoms with E-state index in [1.54, 1.807) is 19.1 Å². The lowest BCUT2D eigenvalue weighted by atomic mass is 10.2. The Balaban J connectivity index is 1.73. The number of halogens is 1. The standard InChI is InChI=1S/C14H17ClN4O2/c1-9-3-4-11(15)7-12(9)18-13(20)8-16-6-5-14-17-10(2)19-21-14/h3-4,7,16H,5-6,8H2,1-2H3,(H,18,20). The number of hydrogen-bond donors (Lipinski definition) is 2. The van der Waals surface area contributed by atoms with Gasteiger partial charge in [0.1, 0.15) is 0 Å². The number of aromatic nitrogens is 2. The van der Waals surface area contributed by atoms with Crippen LogP contribution in [0.25, 0.3) is 0 Å². The molecule has 21 heavy (non-hydrogen) atoms. The van der Waals surface area contributed by atoms with Crippen molar-refractivity contribution in [3.05, 3.63) is 40.5 Å². The van der Waals surface area contributed by atoms with Crippen LogP contribution in [-0.4, -0.2) is 29.1 Å². The van der Waals surface area contributed by atoms with Gasteiger partial charge in [0.25, 0.3) is 0 Å². The number of benzene rings is 1. The molecule has 0 aliphatic heterocycles. The molecule has 1 aromatic heterocycles. The second-order valence-electron chi connectivity index (χ2n) is 4.67. The van der Waals surface area contributed by atoms with Gasteiger partial charge in [-0.15, -0.1) is 0 Å². The summed E-state index contributed by atoms with van der Waals surface area (Å²) in [5, 5.41) is 10.1. The van der Waals surface area contributed by atoms with Crippen LogP contribution in [0.2, 0.25) is 5.02 Å². The molecule has 0 bridgehead atoms. The van der Waals surface area contributed by atoms with Crippen molar-refractivity contribution in [3.8, 4) is 0 Å². The van der Waals surface area contributed by atoms with E-state index < -0.39 is 0 Å². The van der Waals surface area contributed by atoms with Crippen LogP contribution in [-0.2, 0) is 11.2 Å². The molecule has 0 aliphatic rings. The molecule has 0 spiro atoms. The first kappa shape index (κ1) is 15.5. The number of aryl methyl sites for hydroxylation is 2. The molecule has 2 rings (SSSR count). The van der Waals surface area contributed by atoms with E-state index in [1.165, 1.54) is 0 Å². The van der Waals surface area contributed by atoms with Crippen molar-refractivity contribution in [3.63, 3.8) is 0 Å². The molecule has 1 heterocycles. The van der Waals surface area contributed by atoms with Gasteiger partial charge in [-0.3, -0.25) is 4.79 Å². The molecule has 1 amide bonds. The lowest BCUT2D eigenvalue weighted by molar-refractivity contribution is -0.115. The van der Waals surface area contributed by atoms with E-state index in [-0.39, 0.29) is 12.5 Å². The summed E-state index contributed by atoms with van der Waals surface area (Å²) >= 11 is 5.91. The number of carbonyl (C=O) groups excluding carboxylic acids is 1. The number of nitrogens with one attached hydrogen (secondary N) is 2. The maximum Gasteiger partial charge on any atom is 0.238 e. The average molecular weight is 309 g/mol. The maximum atomic E-state index is 11.8. The van der Waals surface area contributed by atoms with Crippen molar-refractivity contribution in [1.82, 2.24) is 15.5 Å². The third-order valence-corrected chi connectivity index (χ3v) is 3.08. The fourth-order valence-electron chi connectivity index (χ4n) is 1.76. The molecule has 1 aromatic carbocycles. The van der Waals surface area contributed by atoms with Crippen molar-refractivity contribution in [2.24, 2.45) is 0 Å². The van der Waals surface area contributed by atoms with Gasteiger partial charge in [0.2, 0.25) is 11.8 Å². The Kier molecular flexibility index (Phi) is 5.30. The summed E-state index contributed by atoms with van der Waals surface area (Å²) in [5.74, 6) is 1.05. The molecule has 0 unspecified atom stereocenters. The van der Waals surface area contributed by atoms with E-state index >= 15 is 0 Å². The van der Waals surface area contributed by atoms with Crippen LogP contribution in [0.4, 0.5) is 5.69 Å². The minimum absolute atomic E-state index is 0.123. The zero-order chi connectivity index (χ0) is 15.2. The summed E-state index contributed by atoms with van der Waals surface area (Å²) in [6, 6.07) is 5.39. The highest BCUT2D eigenvalue weighted by molar-refractivity contribution is 6.31. The summed E-state index contributed by atoms with van der Waals surface area (Å²) in [6.45, 7) is 4.47. The SMILES string of the molecule is Cc1noc(CCNCC(=O)Nc2cc(Cl)ccc2C)n1. The molecule has 6 nitrogen and oxygen atoms in total. The van der Waals surface area contributed by atoms with Crippen molar-refractivity contribution < 1.29 is 9.32 Å². The Labute approximate surface area is 127 Å². The Morgan fingerprint density at radius 3 is 2.90 bits per heavy atom. The molecule has 7 heteroatoms. The van der Waals surface area contributed by atoms with Gasteiger partial charge < -0.3 is 15.2 Å². The summed E-state index contributed by atoms with van der Waals surface area (Å²) in [5.41, 5.74) is 1.69. The summed E-state index contributed by atoms with van der Waals surface area (Å²) in [6.07, 6.45) is 0.588. The molecule has 0 radical (unpaired) electrons. The number of carbonyl (C=O) groups is 1. The van der Waals surface area contributed by atoms with Crippen molar-refractivity contribution in [2.45, 2.75) is 20.3 Å². The number of nitrogens with zero attached hydrogens (tertiary/aromatic N) is 2. The van der Waals surface area contributed by atoms with Gasteiger partial charge in [-0.2, -0.15) is 4.98 Å². The molecule has 0 saturated heterocycles. The monoisotopic (exact) mass is 308 g/mol. The second-order valence-corrected chi connectivity index (χ2v) is 5.11. The van der Waals surface area contributed by atoms with Gasteiger partial charge >= 0.3 is 0 Å². The van der Waals surface area contributed by atoms with Crippen LogP contribution in [0, 0.1) is 13.8 Å². The lowest BCUT2D eigenvalue weighted by Gasteiger charge is -2.09. The van der Waals surface area contributed by atoms with E-state index in [0.29, 0.717) is 29.7 Å². The molecule has 2 N–H and O–H groups in total. The van der Waals surface area contributed by atoms with E-state index in [4.69, 9.17) is 16.1 Å². The Morgan fingerprint density at radius 2 is 2.19 bits per heavy atom. The lowest BCUT2D eigenvalue weighted by Crippen LogP contribution is -2.29. The Bertz CT molecular complexity index is 627. The zero-order valence-corrected chi connectivity index (χ0v) is 12.7. The van der Waals surface area contributed by atoms with E-state index in [1.807, 2.05) is 13.0 Å². The molecule has 0 aliphatic carbocycles. The molecule has 112 valence electrons. The van der Waals surface area contributed by atoms with Gasteiger partial charge in [-0.25, -0.2) is 0 Å². The van der Waals surface area contributed by atoms with Crippen LogP contribution in [0.5, 0.6) is 0 Å². The van der Waals surface area contributed by atoms with E-state index in [9.17, 15) is 4.79 Å². The normalized spacial score (nSPS) is 10.6. The van der Waals surface area contributed by atoms with Crippen molar-refractivity contribution >= 4 is 23.2 Å². The predicted molar refractivity (Wildman–Crippen MR) is 80.4 cm³/mol. The summed E-state index contributed by atoms with van der Waals surface area (Å²) in [7, 11) is 0. The number of anilines is 1. The zero-order valence-electron chi connectivity index (χ0n) is 11.9. The first-order valence-corrected chi connectivity index (χ1v) is 6.98. The van der Waals surface area contributed by atoms with Crippen LogP contribution in [0.3, 0.4) is 0 Å². The van der Waals surface area contributed by atoms with Crippen LogP contribution in [0.15, 0.2) is 22.7 Å². The predicted octanol–water partition coefficient (Wildman–Crippen LogP) is 2.11. The number of hydrogen-bond acceptors (Lipinski definition) is 5. The largest absolute Gasteiger partial charge is 0.339 e. The molecule has 2 aromatic rings. The second kappa shape index (κ2) is 7.19. The molecule has 0 saturated carbocycles. The maximum absolute atomic E-state index is 11.8. The van der Waals surface area contributed by atoms with Crippen molar-refractivity contribution in [1.29, 1.82) is 0 Å². The van der Waals surface area contributed by atoms with Crippen LogP contribution >= 0.6 is 11.6 Å². The highest BCUT2D eigenvalue weighted by Gasteiger charge is 2.06. The first-order valence-electron chi connectivity index (χ1n) is 6.60. The number of rotatable bonds is 6. The average Bonchev–Trinajstić information content (AvgIpc) is 2.85. The van der Waals surface area contributed by atoms with Crippen molar-refractivity contribution in [2.75, 3.05) is 18.4 Å². The fourth-order valence-corrected chi connectivity index (χ4v) is 1.93. The van der Waals surface area contributed by atoms with Gasteiger partial charge in [0, 0.05) is 23.7 Å².